The molecule has 27 N–H and O–H groups in total. The highest BCUT2D eigenvalue weighted by atomic mass is 16.8. The van der Waals surface area contributed by atoms with Crippen LogP contribution in [0.25, 0.3) is 0 Å². The fraction of sp³-hybridized carbons (Fsp3) is 0.934. The van der Waals surface area contributed by atoms with E-state index in [1.807, 2.05) is 0 Å². The highest BCUT2D eigenvalue weighted by Gasteiger charge is 2.61. The topological polar surface area (TPSA) is 739 Å². The van der Waals surface area contributed by atoms with Crippen LogP contribution >= 0.6 is 0 Å². The van der Waals surface area contributed by atoms with Crippen LogP contribution in [0.15, 0.2) is 0 Å². The number of carbonyl (C=O) groups excluding carboxylic acids is 4. The van der Waals surface area contributed by atoms with Crippen molar-refractivity contribution >= 4 is 23.6 Å². The number of rotatable bonds is 27. The van der Waals surface area contributed by atoms with Crippen LogP contribution in [0.1, 0.15) is 34.6 Å². The van der Waals surface area contributed by atoms with Crippen LogP contribution in [0, 0.1) is 0 Å². The maximum absolute atomic E-state index is 13.4. The van der Waals surface area contributed by atoms with Gasteiger partial charge in [0.25, 0.3) is 0 Å². The molecule has 9 rings (SSSR count). The van der Waals surface area contributed by atoms with Gasteiger partial charge in [-0.15, -0.1) is 0 Å². The van der Waals surface area contributed by atoms with E-state index in [1.54, 1.807) is 0 Å². The van der Waals surface area contributed by atoms with E-state index in [1.165, 1.54) is 6.92 Å². The van der Waals surface area contributed by atoms with E-state index >= 15 is 0 Å². The SMILES string of the molecule is CC(=O)N[C@H]1[C@H](O[C@H]2[C@H](O[C@@H]3O[C@@H](C)[C@@H](O)[C@@H](O)[C@@H]3O)[C@@H](NC(C)=O)C(O)O[C@@H]2CO)O[C@H](CO)[C@@H](O[C@@H]2O[C@H](CO[C@H]3O[C@H](CO)[C@@H](O)[C@H](O)[C@@H]3O[C@@H]3O[C@H](CO)[C@@H](O)[C@H](O)[C@H]3NC(C)=O)[C@@H](O)[C@H](O[C@H]3O[C@H](CO)[C@@H](O)[C@H](O)[C@@H]3O[C@@H]3O[C@H](CO)[C@@H](O)[C@H](O)[C@H]3NC(C)=O)[C@@H]2O[C@@H]2OC[C@@H](O)[C@H](O)[C@H]2O)[C@@H]1O. The summed E-state index contributed by atoms with van der Waals surface area (Å²) in [5, 5.41) is 266. The maximum Gasteiger partial charge on any atom is 0.217 e. The number of carbonyl (C=O) groups is 4. The summed E-state index contributed by atoms with van der Waals surface area (Å²) in [6.07, 6.45) is -83.2. The van der Waals surface area contributed by atoms with Crippen LogP contribution in [0.4, 0.5) is 0 Å². The first-order valence-corrected chi connectivity index (χ1v) is 34.9. The largest absolute Gasteiger partial charge is 0.394 e. The van der Waals surface area contributed by atoms with Crippen molar-refractivity contribution in [2.24, 2.45) is 0 Å². The monoisotopic (exact) mass is 1590 g/mol. The molecular formula is C61H102N4O44. The lowest BCUT2D eigenvalue weighted by atomic mass is 9.93. The molecule has 48 nitrogen and oxygen atoms in total. The molecule has 9 aliphatic heterocycles. The van der Waals surface area contributed by atoms with Crippen LogP contribution in [-0.2, 0) is 99.7 Å². The van der Waals surface area contributed by atoms with Gasteiger partial charge >= 0.3 is 0 Å². The molecule has 0 aromatic heterocycles. The van der Waals surface area contributed by atoms with E-state index in [0.717, 1.165) is 27.7 Å². The Bertz CT molecular complexity index is 2900. The van der Waals surface area contributed by atoms with Crippen LogP contribution in [-0.4, -0.2) is 464 Å². The molecule has 0 aliphatic carbocycles. The molecule has 0 aromatic carbocycles. The van der Waals surface area contributed by atoms with Gasteiger partial charge < -0.3 is 219 Å². The third-order valence-corrected chi connectivity index (χ3v) is 19.9. The minimum atomic E-state index is -2.52. The molecule has 4 amide bonds. The molecule has 9 saturated heterocycles. The first-order valence-electron chi connectivity index (χ1n) is 34.9. The normalized spacial score (nSPS) is 49.2. The van der Waals surface area contributed by atoms with Crippen molar-refractivity contribution in [1.82, 2.24) is 21.3 Å². The van der Waals surface area contributed by atoms with Gasteiger partial charge in [-0.25, -0.2) is 0 Å². The summed E-state index contributed by atoms with van der Waals surface area (Å²) >= 11 is 0. The van der Waals surface area contributed by atoms with Crippen molar-refractivity contribution in [3.63, 3.8) is 0 Å². The molecule has 0 aromatic rings. The lowest BCUT2D eigenvalue weighted by molar-refractivity contribution is -0.411. The molecule has 1 unspecified atom stereocenters. The Morgan fingerprint density at radius 1 is 0.294 bits per heavy atom. The average Bonchev–Trinajstić information content (AvgIpc) is 0.764. The van der Waals surface area contributed by atoms with E-state index < -0.39 is 346 Å². The van der Waals surface area contributed by atoms with Gasteiger partial charge in [-0.1, -0.05) is 0 Å². The zero-order chi connectivity index (χ0) is 80.2. The molecule has 630 valence electrons. The Morgan fingerprint density at radius 3 is 1.14 bits per heavy atom. The van der Waals surface area contributed by atoms with E-state index in [4.69, 9.17) is 80.5 Å². The summed E-state index contributed by atoms with van der Waals surface area (Å²) in [5.41, 5.74) is 0. The van der Waals surface area contributed by atoms with Gasteiger partial charge in [0.15, 0.2) is 56.6 Å². The third kappa shape index (κ3) is 19.9. The Kier molecular flexibility index (Phi) is 31.8. The lowest BCUT2D eigenvalue weighted by Crippen LogP contribution is -2.71. The van der Waals surface area contributed by atoms with E-state index in [0.29, 0.717) is 0 Å². The number of hydrogen-bond donors (Lipinski definition) is 27. The van der Waals surface area contributed by atoms with Crippen LogP contribution < -0.4 is 21.3 Å². The first-order chi connectivity index (χ1) is 51.5. The molecule has 0 saturated carbocycles. The second-order valence-electron chi connectivity index (χ2n) is 27.7. The summed E-state index contributed by atoms with van der Waals surface area (Å²) < 4.78 is 103. The highest BCUT2D eigenvalue weighted by molar-refractivity contribution is 5.74. The maximum atomic E-state index is 13.4. The molecule has 0 spiro atoms. The van der Waals surface area contributed by atoms with Crippen LogP contribution in [0.2, 0.25) is 0 Å². The molecule has 0 bridgehead atoms. The first kappa shape index (κ1) is 89.2. The number of hydrogen-bond acceptors (Lipinski definition) is 44. The van der Waals surface area contributed by atoms with Crippen molar-refractivity contribution in [1.29, 1.82) is 0 Å². The molecule has 109 heavy (non-hydrogen) atoms. The van der Waals surface area contributed by atoms with Crippen molar-refractivity contribution < 1.29 is 217 Å². The Hall–Kier alpha value is -3.72. The van der Waals surface area contributed by atoms with E-state index in [-0.39, 0.29) is 0 Å². The quantitative estimate of drug-likeness (QED) is 0.0363. The number of aliphatic hydroxyl groups is 23. The molecule has 9 heterocycles. The van der Waals surface area contributed by atoms with Gasteiger partial charge in [0.1, 0.15) is 207 Å². The lowest BCUT2D eigenvalue weighted by Gasteiger charge is -2.52. The fourth-order valence-electron chi connectivity index (χ4n) is 14.1. The molecular weight excluding hydrogens is 1490 g/mol. The van der Waals surface area contributed by atoms with Crippen molar-refractivity contribution in [3.8, 4) is 0 Å². The smallest absolute Gasteiger partial charge is 0.217 e. The number of amides is 4. The standard InChI is InChI=1S/C61H102N4O44/c1-14-31(77)41(87)45(91)58(95-14)105-48-30(65-18(5)75)53(92)96-25(11-71)47(48)104-56-29(64-17(4)74)40(86)46(24(10-70)101-56)103-61-52(109-57-44(90)32(78)19(76)12-93-57)49(106-60-51(43(89)36(82)23(9-69)100-60)108-55-28(63-16(3)73)39(85)34(80)21(7-67)98-55)37(83)26(102-61)13-94-59-50(42(88)35(81)22(8-68)99-59)107-54-27(62-15(2)72)38(84)33(79)20(6-66)97-54/h14,19-61,66-71,76-92H,6-13H2,1-5H3,(H,62,72)(H,63,73)(H,64,74)(H,65,75)/t14-,19+,20+,21+,22+,23+,24+,25+,26+,27+,28+,29+,30+,31+,32-,33+,34+,35+,36+,37+,38+,39+,40+,41+,42-,43-,44+,45-,46+,47+,48+,49-,50-,51-,52-,53?,54-,55-,56-,57-,58-,59-,60+,61-/m0/s1. The van der Waals surface area contributed by atoms with Gasteiger partial charge in [0.05, 0.1) is 59.0 Å². The van der Waals surface area contributed by atoms with Gasteiger partial charge in [-0.2, -0.15) is 0 Å². The third-order valence-electron chi connectivity index (χ3n) is 19.9. The van der Waals surface area contributed by atoms with Gasteiger partial charge in [-0.3, -0.25) is 19.2 Å². The van der Waals surface area contributed by atoms with E-state index in [2.05, 4.69) is 21.3 Å². The average molecular weight is 1600 g/mol. The van der Waals surface area contributed by atoms with Gasteiger partial charge in [0, 0.05) is 27.7 Å². The fourth-order valence-corrected chi connectivity index (χ4v) is 14.1. The van der Waals surface area contributed by atoms with Crippen LogP contribution in [0.5, 0.6) is 0 Å². The number of ether oxygens (including phenoxy) is 17. The Labute approximate surface area is 618 Å². The molecule has 9 fully saturated rings. The van der Waals surface area contributed by atoms with Crippen LogP contribution in [0.3, 0.4) is 0 Å². The molecule has 0 radical (unpaired) electrons. The summed E-state index contributed by atoms with van der Waals surface area (Å²) in [4.78, 5) is 51.2. The summed E-state index contributed by atoms with van der Waals surface area (Å²) in [6, 6.07) is -7.40. The molecule has 48 heteroatoms. The van der Waals surface area contributed by atoms with Crippen molar-refractivity contribution in [3.05, 3.63) is 0 Å². The number of aliphatic hydroxyl groups excluding tert-OH is 23. The summed E-state index contributed by atoms with van der Waals surface area (Å²) in [5.74, 6) is -3.60. The zero-order valence-corrected chi connectivity index (χ0v) is 58.9. The van der Waals surface area contributed by atoms with Crippen molar-refractivity contribution in [2.45, 2.75) is 305 Å². The van der Waals surface area contributed by atoms with E-state index in [9.17, 15) is 137 Å². The van der Waals surface area contributed by atoms with Crippen molar-refractivity contribution in [2.75, 3.05) is 52.9 Å². The second-order valence-corrected chi connectivity index (χ2v) is 27.7. The molecule has 9 aliphatic rings. The Morgan fingerprint density at radius 2 is 0.651 bits per heavy atom. The molecule has 44 atom stereocenters. The summed E-state index contributed by atoms with van der Waals surface area (Å²) in [7, 11) is 0. The minimum absolute atomic E-state index is 0.847. The predicted molar refractivity (Wildman–Crippen MR) is 336 cm³/mol. The Balaban J connectivity index is 1.14. The zero-order valence-electron chi connectivity index (χ0n) is 58.9. The van der Waals surface area contributed by atoms with Gasteiger partial charge in [-0.05, 0) is 6.92 Å². The summed E-state index contributed by atoms with van der Waals surface area (Å²) in [6.45, 7) is -3.58. The predicted octanol–water partition coefficient (Wildman–Crippen LogP) is -18.4. The second kappa shape index (κ2) is 38.8. The van der Waals surface area contributed by atoms with Gasteiger partial charge in [0.2, 0.25) is 23.6 Å². The highest BCUT2D eigenvalue weighted by Crippen LogP contribution is 2.41. The minimum Gasteiger partial charge on any atom is -0.394 e. The number of nitrogens with one attached hydrogen (secondary N) is 4.